The summed E-state index contributed by atoms with van der Waals surface area (Å²) < 4.78 is 3.72. The molecule has 0 fully saturated rings. The molecule has 2 heterocycles. The van der Waals surface area contributed by atoms with Crippen molar-refractivity contribution in [2.24, 2.45) is 0 Å². The Labute approximate surface area is 164 Å². The topological polar surface area (TPSA) is 64.7 Å². The summed E-state index contributed by atoms with van der Waals surface area (Å²) in [7, 11) is 0. The van der Waals surface area contributed by atoms with Gasteiger partial charge in [-0.3, -0.25) is 14.2 Å². The Balaban J connectivity index is 1.65. The third-order valence-electron chi connectivity index (χ3n) is 4.62. The number of rotatable bonds is 6. The maximum absolute atomic E-state index is 12.5. The summed E-state index contributed by atoms with van der Waals surface area (Å²) in [6, 6.07) is 9.31. The molecule has 27 heavy (non-hydrogen) atoms. The monoisotopic (exact) mass is 385 g/mol. The average molecular weight is 386 g/mol. The highest BCUT2D eigenvalue weighted by molar-refractivity contribution is 6.31. The van der Waals surface area contributed by atoms with Crippen molar-refractivity contribution in [3.63, 3.8) is 0 Å². The second kappa shape index (κ2) is 7.96. The Morgan fingerprint density at radius 2 is 1.89 bits per heavy atom. The zero-order valence-electron chi connectivity index (χ0n) is 16.0. The van der Waals surface area contributed by atoms with E-state index in [2.05, 4.69) is 15.5 Å². The van der Waals surface area contributed by atoms with Crippen molar-refractivity contribution in [3.05, 3.63) is 69.8 Å². The van der Waals surface area contributed by atoms with Gasteiger partial charge in [0.15, 0.2) is 0 Å². The minimum Gasteiger partial charge on any atom is -0.344 e. The number of hydrogen-bond donors (Lipinski definition) is 1. The zero-order chi connectivity index (χ0) is 19.6. The van der Waals surface area contributed by atoms with Gasteiger partial charge in [-0.15, -0.1) is 0 Å². The summed E-state index contributed by atoms with van der Waals surface area (Å²) in [4.78, 5) is 12.5. The van der Waals surface area contributed by atoms with Gasteiger partial charge in [0.05, 0.1) is 34.7 Å². The highest BCUT2D eigenvalue weighted by atomic mass is 35.5. The van der Waals surface area contributed by atoms with E-state index in [0.29, 0.717) is 17.1 Å². The van der Waals surface area contributed by atoms with E-state index in [4.69, 9.17) is 11.6 Å². The molecule has 0 saturated carbocycles. The van der Waals surface area contributed by atoms with Crippen molar-refractivity contribution >= 4 is 17.5 Å². The lowest BCUT2D eigenvalue weighted by molar-refractivity contribution is 0.0939. The van der Waals surface area contributed by atoms with Gasteiger partial charge in [-0.1, -0.05) is 23.7 Å². The lowest BCUT2D eigenvalue weighted by Gasteiger charge is -2.12. The third-order valence-corrected chi connectivity index (χ3v) is 5.17. The van der Waals surface area contributed by atoms with Crippen molar-refractivity contribution in [2.45, 2.75) is 46.8 Å². The maximum atomic E-state index is 12.5. The number of aromatic nitrogens is 4. The normalized spacial score (nSPS) is 12.2. The van der Waals surface area contributed by atoms with Gasteiger partial charge >= 0.3 is 0 Å². The molecule has 0 aliphatic heterocycles. The summed E-state index contributed by atoms with van der Waals surface area (Å²) in [6.45, 7) is 9.23. The smallest absolute Gasteiger partial charge is 0.251 e. The van der Waals surface area contributed by atoms with E-state index in [1.807, 2.05) is 73.6 Å². The van der Waals surface area contributed by atoms with E-state index in [9.17, 15) is 4.79 Å². The molecular weight excluding hydrogens is 362 g/mol. The second-order valence-corrected chi connectivity index (χ2v) is 7.01. The lowest BCUT2D eigenvalue weighted by Crippen LogP contribution is -2.27. The minimum atomic E-state index is -0.151. The van der Waals surface area contributed by atoms with Crippen LogP contribution in [-0.2, 0) is 13.1 Å². The zero-order valence-corrected chi connectivity index (χ0v) is 16.8. The van der Waals surface area contributed by atoms with Crippen LogP contribution in [0.5, 0.6) is 0 Å². The van der Waals surface area contributed by atoms with Gasteiger partial charge in [0, 0.05) is 18.3 Å². The van der Waals surface area contributed by atoms with Crippen LogP contribution in [0.3, 0.4) is 0 Å². The molecule has 1 N–H and O–H groups in total. The van der Waals surface area contributed by atoms with Gasteiger partial charge in [0.25, 0.3) is 5.91 Å². The van der Waals surface area contributed by atoms with Crippen LogP contribution in [0.1, 0.15) is 52.9 Å². The lowest BCUT2D eigenvalue weighted by atomic mass is 10.1. The largest absolute Gasteiger partial charge is 0.344 e. The molecule has 6 nitrogen and oxygen atoms in total. The summed E-state index contributed by atoms with van der Waals surface area (Å²) in [6.07, 6.45) is 1.91. The van der Waals surface area contributed by atoms with E-state index in [-0.39, 0.29) is 11.9 Å². The summed E-state index contributed by atoms with van der Waals surface area (Å²) in [5.74, 6) is -0.116. The summed E-state index contributed by atoms with van der Waals surface area (Å²) >= 11 is 6.20. The van der Waals surface area contributed by atoms with Gasteiger partial charge in [-0.25, -0.2) is 0 Å². The number of amides is 1. The fourth-order valence-corrected chi connectivity index (χ4v) is 3.04. The molecule has 0 saturated heterocycles. The van der Waals surface area contributed by atoms with Gasteiger partial charge in [0.1, 0.15) is 0 Å². The maximum Gasteiger partial charge on any atom is 0.251 e. The van der Waals surface area contributed by atoms with Gasteiger partial charge in [-0.05, 0) is 51.5 Å². The van der Waals surface area contributed by atoms with Crippen molar-refractivity contribution in [1.82, 2.24) is 24.9 Å². The predicted molar refractivity (Wildman–Crippen MR) is 106 cm³/mol. The Bertz CT molecular complexity index is 942. The van der Waals surface area contributed by atoms with Gasteiger partial charge in [-0.2, -0.15) is 10.2 Å². The molecule has 0 radical (unpaired) electrons. The SMILES string of the molecule is CCn1ccc(C(C)NC(=O)c2ccc(Cn3nc(C)c(Cl)c3C)cc2)n1. The Morgan fingerprint density at radius 3 is 2.44 bits per heavy atom. The standard InChI is InChI=1S/C20H24ClN5O/c1-5-25-11-10-18(24-25)13(2)22-20(27)17-8-6-16(7-9-17)12-26-15(4)19(21)14(3)23-26/h6-11,13H,5,12H2,1-4H3,(H,22,27). The van der Waals surface area contributed by atoms with Crippen LogP contribution >= 0.6 is 11.6 Å². The first kappa shape index (κ1) is 19.2. The van der Waals surface area contributed by atoms with Gasteiger partial charge in [0.2, 0.25) is 0 Å². The molecular formula is C20H24ClN5O. The molecule has 1 atom stereocenters. The highest BCUT2D eigenvalue weighted by Gasteiger charge is 2.14. The average Bonchev–Trinajstić information content (AvgIpc) is 3.24. The Hall–Kier alpha value is -2.60. The fraction of sp³-hybridized carbons (Fsp3) is 0.350. The van der Waals surface area contributed by atoms with Crippen molar-refractivity contribution in [3.8, 4) is 0 Å². The molecule has 3 rings (SSSR count). The minimum absolute atomic E-state index is 0.116. The van der Waals surface area contributed by atoms with E-state index < -0.39 is 0 Å². The van der Waals surface area contributed by atoms with Crippen LogP contribution in [0.15, 0.2) is 36.5 Å². The number of carbonyl (C=O) groups is 1. The molecule has 0 aliphatic carbocycles. The molecule has 0 bridgehead atoms. The molecule has 142 valence electrons. The third kappa shape index (κ3) is 4.22. The number of carbonyl (C=O) groups excluding carboxylic acids is 1. The highest BCUT2D eigenvalue weighted by Crippen LogP contribution is 2.20. The number of benzene rings is 1. The van der Waals surface area contributed by atoms with Crippen LogP contribution < -0.4 is 5.32 Å². The first-order valence-electron chi connectivity index (χ1n) is 9.01. The first-order chi connectivity index (χ1) is 12.9. The first-order valence-corrected chi connectivity index (χ1v) is 9.39. The van der Waals surface area contributed by atoms with E-state index in [1.165, 1.54) is 0 Å². The molecule has 1 amide bonds. The molecule has 7 heteroatoms. The van der Waals surface area contributed by atoms with Crippen molar-refractivity contribution in [2.75, 3.05) is 0 Å². The van der Waals surface area contributed by atoms with Crippen LogP contribution in [-0.4, -0.2) is 25.5 Å². The molecule has 1 unspecified atom stereocenters. The Kier molecular flexibility index (Phi) is 5.65. The molecule has 1 aromatic carbocycles. The fourth-order valence-electron chi connectivity index (χ4n) is 2.90. The van der Waals surface area contributed by atoms with Crippen molar-refractivity contribution in [1.29, 1.82) is 0 Å². The molecule has 2 aromatic heterocycles. The van der Waals surface area contributed by atoms with Crippen LogP contribution in [0, 0.1) is 13.8 Å². The van der Waals surface area contributed by atoms with Crippen LogP contribution in [0.25, 0.3) is 0 Å². The number of aryl methyl sites for hydroxylation is 2. The second-order valence-electron chi connectivity index (χ2n) is 6.63. The molecule has 0 spiro atoms. The quantitative estimate of drug-likeness (QED) is 0.699. The Morgan fingerprint density at radius 1 is 1.19 bits per heavy atom. The van der Waals surface area contributed by atoms with E-state index in [0.717, 1.165) is 29.2 Å². The predicted octanol–water partition coefficient (Wildman–Crippen LogP) is 3.91. The van der Waals surface area contributed by atoms with Crippen molar-refractivity contribution < 1.29 is 4.79 Å². The van der Waals surface area contributed by atoms with E-state index >= 15 is 0 Å². The summed E-state index contributed by atoms with van der Waals surface area (Å²) in [5.41, 5.74) is 4.29. The molecule has 0 aliphatic rings. The van der Waals surface area contributed by atoms with E-state index in [1.54, 1.807) is 0 Å². The van der Waals surface area contributed by atoms with Crippen LogP contribution in [0.2, 0.25) is 5.02 Å². The van der Waals surface area contributed by atoms with Crippen LogP contribution in [0.4, 0.5) is 0 Å². The number of halogens is 1. The van der Waals surface area contributed by atoms with Gasteiger partial charge < -0.3 is 5.32 Å². The summed E-state index contributed by atoms with van der Waals surface area (Å²) in [5, 5.41) is 12.6. The number of nitrogens with zero attached hydrogens (tertiary/aromatic N) is 4. The number of nitrogens with one attached hydrogen (secondary N) is 1. The number of hydrogen-bond acceptors (Lipinski definition) is 3. The molecule has 3 aromatic rings.